The number of aromatic amines is 1. The van der Waals surface area contributed by atoms with Gasteiger partial charge in [0, 0.05) is 16.4 Å². The third-order valence-electron chi connectivity index (χ3n) is 2.35. The number of aromatic nitrogens is 3. The van der Waals surface area contributed by atoms with E-state index in [2.05, 4.69) is 26.0 Å². The van der Waals surface area contributed by atoms with Crippen LogP contribution in [0, 0.1) is 0 Å². The molecule has 0 radical (unpaired) electrons. The normalized spacial score (nSPS) is 10.7. The van der Waals surface area contributed by atoms with Crippen molar-refractivity contribution in [2.45, 2.75) is 16.7 Å². The van der Waals surface area contributed by atoms with Gasteiger partial charge in [0.15, 0.2) is 5.16 Å². The molecule has 2 aromatic rings. The topological polar surface area (TPSA) is 88.0 Å². The minimum Gasteiger partial charge on any atom is -0.392 e. The summed E-state index contributed by atoms with van der Waals surface area (Å²) in [4.78, 5) is 26.8. The first kappa shape index (κ1) is 14.0. The molecule has 0 aliphatic rings. The summed E-state index contributed by atoms with van der Waals surface area (Å²) in [5.41, 5.74) is -0.789. The number of rotatable bonds is 3. The van der Waals surface area contributed by atoms with Gasteiger partial charge in [-0.15, -0.1) is 0 Å². The van der Waals surface area contributed by atoms with Crippen molar-refractivity contribution < 1.29 is 5.11 Å². The van der Waals surface area contributed by atoms with E-state index in [1.54, 1.807) is 19.2 Å². The zero-order valence-corrected chi connectivity index (χ0v) is 12.3. The van der Waals surface area contributed by atoms with Crippen LogP contribution in [0.25, 0.3) is 0 Å². The Morgan fingerprint density at radius 2 is 2.21 bits per heavy atom. The van der Waals surface area contributed by atoms with E-state index in [1.165, 1.54) is 16.4 Å². The molecule has 0 atom stereocenters. The molecule has 0 saturated heterocycles. The lowest BCUT2D eigenvalue weighted by molar-refractivity contribution is 0.281. The van der Waals surface area contributed by atoms with E-state index in [4.69, 9.17) is 5.11 Å². The number of benzene rings is 1. The molecule has 1 aromatic heterocycles. The van der Waals surface area contributed by atoms with Crippen LogP contribution in [-0.2, 0) is 13.7 Å². The average Bonchev–Trinajstić information content (AvgIpc) is 2.36. The predicted molar refractivity (Wildman–Crippen MR) is 74.3 cm³/mol. The minimum atomic E-state index is -0.813. The molecule has 2 N–H and O–H groups in total. The fraction of sp³-hybridized carbons (Fsp3) is 0.182. The Hall–Kier alpha value is -1.38. The van der Waals surface area contributed by atoms with Crippen molar-refractivity contribution in [3.63, 3.8) is 0 Å². The number of halogens is 1. The van der Waals surface area contributed by atoms with E-state index in [-0.39, 0.29) is 6.61 Å². The molecule has 0 spiro atoms. The number of aliphatic hydroxyl groups is 1. The predicted octanol–water partition coefficient (Wildman–Crippen LogP) is 0.875. The van der Waals surface area contributed by atoms with Gasteiger partial charge in [-0.1, -0.05) is 33.8 Å². The summed E-state index contributed by atoms with van der Waals surface area (Å²) in [5.74, 6) is 0. The third kappa shape index (κ3) is 3.14. The molecule has 8 heteroatoms. The number of nitrogens with one attached hydrogen (secondary N) is 1. The Labute approximate surface area is 120 Å². The zero-order chi connectivity index (χ0) is 14.0. The van der Waals surface area contributed by atoms with Gasteiger partial charge < -0.3 is 5.11 Å². The van der Waals surface area contributed by atoms with Crippen molar-refractivity contribution in [1.29, 1.82) is 0 Å². The number of hydrogen-bond donors (Lipinski definition) is 2. The molecule has 0 fully saturated rings. The fourth-order valence-corrected chi connectivity index (χ4v) is 2.87. The standard InChI is InChI=1S/C11H10BrN3O3S/c1-15-11(13-9(17)10(18)14-15)19-7-3-2-6(5-16)8(12)4-7/h2-4,16H,5H2,1H3,(H,14,18). The van der Waals surface area contributed by atoms with Crippen LogP contribution in [-0.4, -0.2) is 19.9 Å². The van der Waals surface area contributed by atoms with Crippen molar-refractivity contribution in [2.24, 2.45) is 7.05 Å². The number of aliphatic hydroxyl groups excluding tert-OH is 1. The molecule has 0 unspecified atom stereocenters. The molecule has 0 bridgehead atoms. The zero-order valence-electron chi connectivity index (χ0n) is 9.88. The molecule has 1 aromatic carbocycles. The van der Waals surface area contributed by atoms with Crippen molar-refractivity contribution in [1.82, 2.24) is 14.8 Å². The van der Waals surface area contributed by atoms with Gasteiger partial charge >= 0.3 is 11.1 Å². The van der Waals surface area contributed by atoms with Gasteiger partial charge in [-0.2, -0.15) is 4.98 Å². The molecule has 100 valence electrons. The van der Waals surface area contributed by atoms with Crippen molar-refractivity contribution in [2.75, 3.05) is 0 Å². The van der Waals surface area contributed by atoms with E-state index in [1.807, 2.05) is 6.07 Å². The first-order valence-corrected chi connectivity index (χ1v) is 6.86. The highest BCUT2D eigenvalue weighted by molar-refractivity contribution is 9.10. The van der Waals surface area contributed by atoms with Crippen LogP contribution in [0.1, 0.15) is 5.56 Å². The highest BCUT2D eigenvalue weighted by Gasteiger charge is 2.07. The van der Waals surface area contributed by atoms with E-state index in [9.17, 15) is 9.59 Å². The second-order valence-electron chi connectivity index (χ2n) is 3.71. The second-order valence-corrected chi connectivity index (χ2v) is 5.61. The lowest BCUT2D eigenvalue weighted by atomic mass is 10.2. The second kappa shape index (κ2) is 5.72. The first-order valence-electron chi connectivity index (χ1n) is 5.25. The van der Waals surface area contributed by atoms with Gasteiger partial charge in [-0.05, 0) is 17.7 Å². The van der Waals surface area contributed by atoms with E-state index in [0.29, 0.717) is 5.16 Å². The molecule has 1 heterocycles. The lowest BCUT2D eigenvalue weighted by Gasteiger charge is -2.07. The molecule has 2 rings (SSSR count). The minimum absolute atomic E-state index is 0.0546. The average molecular weight is 344 g/mol. The summed E-state index contributed by atoms with van der Waals surface area (Å²) in [6.45, 7) is -0.0546. The van der Waals surface area contributed by atoms with Gasteiger partial charge in [-0.25, -0.2) is 0 Å². The van der Waals surface area contributed by atoms with Crippen LogP contribution in [0.4, 0.5) is 0 Å². The molecule has 0 aliphatic carbocycles. The van der Waals surface area contributed by atoms with Crippen LogP contribution >= 0.6 is 27.7 Å². The van der Waals surface area contributed by atoms with Crippen LogP contribution in [0.15, 0.2) is 42.3 Å². The Kier molecular flexibility index (Phi) is 4.23. The van der Waals surface area contributed by atoms with Gasteiger partial charge in [-0.3, -0.25) is 19.4 Å². The van der Waals surface area contributed by atoms with E-state index in [0.717, 1.165) is 14.9 Å². The lowest BCUT2D eigenvalue weighted by Crippen LogP contribution is -2.33. The Morgan fingerprint density at radius 1 is 1.47 bits per heavy atom. The maximum Gasteiger partial charge on any atom is 0.339 e. The molecule has 0 aliphatic heterocycles. The van der Waals surface area contributed by atoms with Gasteiger partial charge in [0.1, 0.15) is 0 Å². The molecular weight excluding hydrogens is 334 g/mol. The van der Waals surface area contributed by atoms with E-state index >= 15 is 0 Å². The molecule has 19 heavy (non-hydrogen) atoms. The Balaban J connectivity index is 2.36. The van der Waals surface area contributed by atoms with Crippen LogP contribution in [0.2, 0.25) is 0 Å². The van der Waals surface area contributed by atoms with Gasteiger partial charge in [0.2, 0.25) is 0 Å². The highest BCUT2D eigenvalue weighted by Crippen LogP contribution is 2.28. The molecule has 0 saturated carbocycles. The largest absolute Gasteiger partial charge is 0.392 e. The summed E-state index contributed by atoms with van der Waals surface area (Å²) >= 11 is 4.59. The van der Waals surface area contributed by atoms with Crippen LogP contribution in [0.3, 0.4) is 0 Å². The third-order valence-corrected chi connectivity index (χ3v) is 4.13. The van der Waals surface area contributed by atoms with Crippen LogP contribution < -0.4 is 11.1 Å². The number of nitrogens with zero attached hydrogens (tertiary/aromatic N) is 2. The molecule has 0 amide bonds. The van der Waals surface area contributed by atoms with Crippen molar-refractivity contribution in [3.05, 3.63) is 48.9 Å². The number of H-pyrrole nitrogens is 1. The van der Waals surface area contributed by atoms with Gasteiger partial charge in [0.05, 0.1) is 6.61 Å². The Bertz CT molecular complexity index is 726. The summed E-state index contributed by atoms with van der Waals surface area (Å²) in [7, 11) is 1.60. The SMILES string of the molecule is Cn1[nH]c(=O)c(=O)nc1Sc1ccc(CO)c(Br)c1. The van der Waals surface area contributed by atoms with Gasteiger partial charge in [0.25, 0.3) is 0 Å². The Morgan fingerprint density at radius 3 is 2.84 bits per heavy atom. The van der Waals surface area contributed by atoms with Crippen molar-refractivity contribution >= 4 is 27.7 Å². The summed E-state index contributed by atoms with van der Waals surface area (Å²) in [6.07, 6.45) is 0. The number of aryl methyl sites for hydroxylation is 1. The smallest absolute Gasteiger partial charge is 0.339 e. The van der Waals surface area contributed by atoms with E-state index < -0.39 is 11.1 Å². The maximum absolute atomic E-state index is 11.2. The maximum atomic E-state index is 11.2. The molecule has 6 nitrogen and oxygen atoms in total. The molecular formula is C11H10BrN3O3S. The fourth-order valence-electron chi connectivity index (χ4n) is 1.38. The summed E-state index contributed by atoms with van der Waals surface area (Å²) in [6, 6.07) is 5.39. The van der Waals surface area contributed by atoms with Crippen LogP contribution in [0.5, 0.6) is 0 Å². The van der Waals surface area contributed by atoms with Crippen molar-refractivity contribution in [3.8, 4) is 0 Å². The highest BCUT2D eigenvalue weighted by atomic mass is 79.9. The summed E-state index contributed by atoms with van der Waals surface area (Å²) in [5, 5.41) is 11.8. The summed E-state index contributed by atoms with van der Waals surface area (Å²) < 4.78 is 2.16. The number of hydrogen-bond acceptors (Lipinski definition) is 5. The monoisotopic (exact) mass is 343 g/mol. The quantitative estimate of drug-likeness (QED) is 0.807. The first-order chi connectivity index (χ1) is 9.01.